The highest BCUT2D eigenvalue weighted by Gasteiger charge is 2.47. The Bertz CT molecular complexity index is 1840. The van der Waals surface area contributed by atoms with Gasteiger partial charge in [-0.3, -0.25) is 4.79 Å². The molecule has 0 heterocycles. The first-order chi connectivity index (χ1) is 21.4. The Morgan fingerprint density at radius 3 is 1.78 bits per heavy atom. The Morgan fingerprint density at radius 1 is 0.733 bits per heavy atom. The molecule has 0 spiro atoms. The zero-order valence-corrected chi connectivity index (χ0v) is 25.3. The summed E-state index contributed by atoms with van der Waals surface area (Å²) < 4.78 is 105. The molecule has 230 valence electrons. The number of methoxy groups -OCH3 is 1. The van der Waals surface area contributed by atoms with Crippen molar-refractivity contribution >= 4 is 40.0 Å². The lowest BCUT2D eigenvalue weighted by molar-refractivity contribution is -0.143. The molecule has 0 aliphatic carbocycles. The van der Waals surface area contributed by atoms with Gasteiger partial charge in [-0.05, 0) is 66.7 Å². The second-order valence-electron chi connectivity index (χ2n) is 9.35. The van der Waals surface area contributed by atoms with Crippen molar-refractivity contribution in [3.8, 4) is 5.75 Å². The predicted molar refractivity (Wildman–Crippen MR) is 158 cm³/mol. The Morgan fingerprint density at radius 2 is 1.27 bits per heavy atom. The Labute approximate surface area is 265 Å². The molecule has 1 unspecified atom stereocenters. The number of rotatable bonds is 8. The van der Waals surface area contributed by atoms with E-state index >= 15 is 8.78 Å². The van der Waals surface area contributed by atoms with Crippen molar-refractivity contribution in [1.82, 2.24) is 0 Å². The molecule has 45 heavy (non-hydrogen) atoms. The van der Waals surface area contributed by atoms with E-state index in [1.807, 2.05) is 0 Å². The Balaban J connectivity index is 1.51. The molecule has 5 rings (SSSR count). The second kappa shape index (κ2) is 13.2. The molecule has 0 aliphatic rings. The smallest absolute Gasteiger partial charge is 0.422 e. The average Bonchev–Trinajstić information content (AvgIpc) is 3.02. The molecule has 5 aromatic carbocycles. The summed E-state index contributed by atoms with van der Waals surface area (Å²) in [7, 11) is -0.528. The van der Waals surface area contributed by atoms with E-state index in [1.54, 1.807) is 60.7 Å². The fourth-order valence-electron chi connectivity index (χ4n) is 4.39. The number of benzene rings is 5. The fourth-order valence-corrected chi connectivity index (χ4v) is 7.68. The lowest BCUT2D eigenvalue weighted by Gasteiger charge is -2.15. The minimum atomic E-state index is -5.66. The van der Waals surface area contributed by atoms with Gasteiger partial charge in [0, 0.05) is 20.9 Å². The predicted octanol–water partition coefficient (Wildman–Crippen LogP) is 10.4. The number of carbonyl (C=O) groups is 1. The van der Waals surface area contributed by atoms with E-state index in [-0.39, 0.29) is 20.6 Å². The molecule has 0 aromatic heterocycles. The van der Waals surface area contributed by atoms with E-state index < -0.39 is 50.8 Å². The van der Waals surface area contributed by atoms with Crippen LogP contribution in [0.2, 0.25) is 5.02 Å². The highest BCUT2D eigenvalue weighted by molar-refractivity contribution is 7.99. The molecule has 0 aliphatic heterocycles. The van der Waals surface area contributed by atoms with Crippen LogP contribution in [0.15, 0.2) is 122 Å². The molecule has 1 atom stereocenters. The van der Waals surface area contributed by atoms with Crippen molar-refractivity contribution in [3.63, 3.8) is 0 Å². The van der Waals surface area contributed by atoms with E-state index in [0.29, 0.717) is 26.7 Å². The van der Waals surface area contributed by atoms with Gasteiger partial charge in [0.25, 0.3) is 0 Å². The fraction of sp³-hybridized carbons (Fsp3) is 0.0606. The maximum absolute atomic E-state index is 15.3. The van der Waals surface area contributed by atoms with E-state index in [4.69, 9.17) is 16.3 Å². The van der Waals surface area contributed by atoms with E-state index in [2.05, 4.69) is 0 Å². The van der Waals surface area contributed by atoms with Crippen LogP contribution in [0.1, 0.15) is 21.5 Å². The van der Waals surface area contributed by atoms with E-state index in [9.17, 15) is 26.7 Å². The molecule has 0 saturated carbocycles. The summed E-state index contributed by atoms with van der Waals surface area (Å²) in [4.78, 5) is 13.2. The molecule has 0 fully saturated rings. The third kappa shape index (κ3) is 6.70. The van der Waals surface area contributed by atoms with Crippen LogP contribution >= 0.6 is 23.4 Å². The normalized spacial score (nSPS) is 12.2. The molecule has 5 aromatic rings. The van der Waals surface area contributed by atoms with Gasteiger partial charge in [0.05, 0.1) is 12.1 Å². The molecular weight excluding hydrogens is 661 g/mol. The van der Waals surface area contributed by atoms with Gasteiger partial charge >= 0.3 is 6.18 Å². The zero-order chi connectivity index (χ0) is 32.5. The first-order valence-electron chi connectivity index (χ1n) is 12.9. The summed E-state index contributed by atoms with van der Waals surface area (Å²) in [5.74, 6) is -9.21. The van der Waals surface area contributed by atoms with Gasteiger partial charge < -0.3 is 4.74 Å². The van der Waals surface area contributed by atoms with Crippen LogP contribution in [-0.4, -0.2) is 12.9 Å². The van der Waals surface area contributed by atoms with E-state index in [0.717, 1.165) is 0 Å². The second-order valence-corrected chi connectivity index (χ2v) is 12.9. The summed E-state index contributed by atoms with van der Waals surface area (Å²) in [5.41, 5.74) is -1.85. The summed E-state index contributed by atoms with van der Waals surface area (Å²) >= 11 is 7.66. The van der Waals surface area contributed by atoms with Crippen molar-refractivity contribution < 1.29 is 40.3 Å². The van der Waals surface area contributed by atoms with Gasteiger partial charge in [-0.25, -0.2) is 8.78 Å². The van der Waals surface area contributed by atoms with Crippen LogP contribution in [-0.2, 0) is 17.1 Å². The first kappa shape index (κ1) is 32.5. The van der Waals surface area contributed by atoms with Gasteiger partial charge in [0.2, 0.25) is 16.5 Å². The SMILES string of the molecule is COc1ccc([S+](c2ccc(Sc3ccc(C(=O)c4ccccc4)c(Cl)c3)cc2)c2c(F)c(F)c(C(F)(F)F)c(F)c2F)cc1. The zero-order valence-electron chi connectivity index (χ0n) is 22.9. The molecule has 0 radical (unpaired) electrons. The third-order valence-electron chi connectivity index (χ3n) is 6.52. The third-order valence-corrected chi connectivity index (χ3v) is 10.1. The molecule has 12 heteroatoms. The first-order valence-corrected chi connectivity index (χ1v) is 15.3. The van der Waals surface area contributed by atoms with Gasteiger partial charge in [0.15, 0.2) is 27.2 Å². The molecule has 0 saturated heterocycles. The van der Waals surface area contributed by atoms with Crippen molar-refractivity contribution in [1.29, 1.82) is 0 Å². The van der Waals surface area contributed by atoms with Gasteiger partial charge in [0.1, 0.15) is 22.2 Å². The van der Waals surface area contributed by atoms with Crippen LogP contribution in [0.5, 0.6) is 5.75 Å². The lowest BCUT2D eigenvalue weighted by Crippen LogP contribution is -2.19. The number of halogens is 8. The average molecular weight is 680 g/mol. The van der Waals surface area contributed by atoms with E-state index in [1.165, 1.54) is 55.3 Å². The number of ketones is 1. The van der Waals surface area contributed by atoms with Crippen LogP contribution in [0.3, 0.4) is 0 Å². The standard InChI is InChI=1S/C33H19ClF7O2S2/c1-43-19-7-12-22(13-8-19)45(32-29(37)27(35)26(33(39,40)41)28(36)30(32)38)23-14-9-20(10-15-23)44-21-11-16-24(25(34)17-21)31(42)18-5-3-2-4-6-18/h2-17H,1H3/q+1. The maximum atomic E-state index is 15.3. The maximum Gasteiger partial charge on any atom is 0.422 e. The molecule has 0 N–H and O–H groups in total. The topological polar surface area (TPSA) is 26.3 Å². The van der Waals surface area contributed by atoms with Crippen molar-refractivity contribution in [3.05, 3.63) is 142 Å². The Kier molecular flexibility index (Phi) is 9.52. The molecule has 2 nitrogen and oxygen atoms in total. The van der Waals surface area contributed by atoms with Crippen molar-refractivity contribution in [2.24, 2.45) is 0 Å². The number of ether oxygens (including phenoxy) is 1. The monoisotopic (exact) mass is 679 g/mol. The van der Waals surface area contributed by atoms with Gasteiger partial charge in [-0.2, -0.15) is 22.0 Å². The molecule has 0 amide bonds. The highest BCUT2D eigenvalue weighted by Crippen LogP contribution is 2.43. The van der Waals surface area contributed by atoms with Crippen molar-refractivity contribution in [2.45, 2.75) is 30.7 Å². The number of alkyl halides is 3. The van der Waals surface area contributed by atoms with Crippen LogP contribution in [0, 0.1) is 23.3 Å². The minimum absolute atomic E-state index is 0.165. The summed E-state index contributed by atoms with van der Waals surface area (Å²) in [6, 6.07) is 25.3. The van der Waals surface area contributed by atoms with Crippen LogP contribution in [0.4, 0.5) is 30.7 Å². The highest BCUT2D eigenvalue weighted by atomic mass is 35.5. The van der Waals surface area contributed by atoms with Crippen molar-refractivity contribution in [2.75, 3.05) is 7.11 Å². The van der Waals surface area contributed by atoms with Crippen LogP contribution in [0.25, 0.3) is 0 Å². The summed E-state index contributed by atoms with van der Waals surface area (Å²) in [6.45, 7) is 0. The van der Waals surface area contributed by atoms with Crippen LogP contribution < -0.4 is 4.74 Å². The lowest BCUT2D eigenvalue weighted by atomic mass is 10.0. The Hall–Kier alpha value is -3.93. The number of carbonyl (C=O) groups excluding carboxylic acids is 1. The molecule has 0 bridgehead atoms. The quantitative estimate of drug-likeness (QED) is 0.0707. The van der Waals surface area contributed by atoms with Gasteiger partial charge in [-0.15, -0.1) is 0 Å². The molecular formula is C33H19ClF7O2S2+. The largest absolute Gasteiger partial charge is 0.497 e. The van der Waals surface area contributed by atoms with Gasteiger partial charge in [-0.1, -0.05) is 53.7 Å². The number of hydrogen-bond donors (Lipinski definition) is 0. The minimum Gasteiger partial charge on any atom is -0.497 e. The number of hydrogen-bond acceptors (Lipinski definition) is 3. The summed E-state index contributed by atoms with van der Waals surface area (Å²) in [6.07, 6.45) is -5.66. The summed E-state index contributed by atoms with van der Waals surface area (Å²) in [5, 5.41) is 0.226.